The number of rotatable bonds is 7. The van der Waals surface area contributed by atoms with Crippen molar-refractivity contribution in [2.45, 2.75) is 44.6 Å². The number of hydrogen-bond donors (Lipinski definition) is 2. The van der Waals surface area contributed by atoms with Gasteiger partial charge in [-0.1, -0.05) is 26.0 Å². The summed E-state index contributed by atoms with van der Waals surface area (Å²) in [6.07, 6.45) is 3.30. The van der Waals surface area contributed by atoms with Gasteiger partial charge >= 0.3 is 0 Å². The van der Waals surface area contributed by atoms with Crippen molar-refractivity contribution in [3.63, 3.8) is 0 Å². The van der Waals surface area contributed by atoms with E-state index in [0.717, 1.165) is 38.1 Å². The Hall–Kier alpha value is -1.06. The zero-order chi connectivity index (χ0) is 13.9. The topological polar surface area (TPSA) is 47.3 Å². The second-order valence-corrected chi connectivity index (χ2v) is 6.02. The average molecular weight is 262 g/mol. The summed E-state index contributed by atoms with van der Waals surface area (Å²) in [6.45, 7) is 6.32. The van der Waals surface area contributed by atoms with Crippen molar-refractivity contribution >= 4 is 0 Å². The zero-order valence-electron chi connectivity index (χ0n) is 12.3. The fourth-order valence-corrected chi connectivity index (χ4v) is 2.25. The molecule has 1 aliphatic rings. The number of benzene rings is 1. The minimum atomic E-state index is 0.0872. The van der Waals surface area contributed by atoms with E-state index in [-0.39, 0.29) is 5.54 Å². The third-order valence-electron chi connectivity index (χ3n) is 3.91. The lowest BCUT2D eigenvalue weighted by Gasteiger charge is -2.14. The Morgan fingerprint density at radius 2 is 2.11 bits per heavy atom. The lowest BCUT2D eigenvalue weighted by Crippen LogP contribution is -2.36. The first-order valence-corrected chi connectivity index (χ1v) is 7.20. The van der Waals surface area contributed by atoms with Crippen LogP contribution in [0.4, 0.5) is 0 Å². The Morgan fingerprint density at radius 3 is 2.68 bits per heavy atom. The standard InChI is InChI=1S/C16H26N2O/c1-12(2)13-4-5-15(19-3)14(10-13)6-9-18-11-16(17)7-8-16/h4-5,10,12,18H,6-9,11,17H2,1-3H3. The van der Waals surface area contributed by atoms with Crippen LogP contribution in [-0.4, -0.2) is 25.7 Å². The maximum Gasteiger partial charge on any atom is 0.122 e. The van der Waals surface area contributed by atoms with Crippen molar-refractivity contribution in [2.75, 3.05) is 20.2 Å². The van der Waals surface area contributed by atoms with Gasteiger partial charge in [0.1, 0.15) is 5.75 Å². The van der Waals surface area contributed by atoms with Gasteiger partial charge in [0.25, 0.3) is 0 Å². The van der Waals surface area contributed by atoms with Gasteiger partial charge in [0.05, 0.1) is 7.11 Å². The Balaban J connectivity index is 1.91. The van der Waals surface area contributed by atoms with Crippen molar-refractivity contribution in [3.8, 4) is 5.75 Å². The molecule has 0 atom stereocenters. The van der Waals surface area contributed by atoms with Crippen LogP contribution in [0.2, 0.25) is 0 Å². The van der Waals surface area contributed by atoms with Crippen molar-refractivity contribution in [1.82, 2.24) is 5.32 Å². The Bertz CT molecular complexity index is 425. The van der Waals surface area contributed by atoms with E-state index in [4.69, 9.17) is 10.5 Å². The molecule has 0 saturated heterocycles. The fraction of sp³-hybridized carbons (Fsp3) is 0.625. The molecule has 0 bridgehead atoms. The van der Waals surface area contributed by atoms with Crippen LogP contribution in [-0.2, 0) is 6.42 Å². The molecule has 0 radical (unpaired) electrons. The number of hydrogen-bond acceptors (Lipinski definition) is 3. The van der Waals surface area contributed by atoms with Crippen LogP contribution < -0.4 is 15.8 Å². The van der Waals surface area contributed by atoms with Gasteiger partial charge in [-0.2, -0.15) is 0 Å². The first-order chi connectivity index (χ1) is 9.04. The first-order valence-electron chi connectivity index (χ1n) is 7.20. The largest absolute Gasteiger partial charge is 0.496 e. The fourth-order valence-electron chi connectivity index (χ4n) is 2.25. The summed E-state index contributed by atoms with van der Waals surface area (Å²) in [7, 11) is 1.74. The minimum Gasteiger partial charge on any atom is -0.496 e. The second kappa shape index (κ2) is 5.93. The van der Waals surface area contributed by atoms with Gasteiger partial charge in [0.15, 0.2) is 0 Å². The second-order valence-electron chi connectivity index (χ2n) is 6.02. The molecule has 1 aromatic carbocycles. The molecule has 2 rings (SSSR count). The van der Waals surface area contributed by atoms with Crippen LogP contribution in [0, 0.1) is 0 Å². The molecule has 0 amide bonds. The van der Waals surface area contributed by atoms with Gasteiger partial charge < -0.3 is 15.8 Å². The Morgan fingerprint density at radius 1 is 1.37 bits per heavy atom. The van der Waals surface area contributed by atoms with Gasteiger partial charge in [-0.3, -0.25) is 0 Å². The molecule has 1 aromatic rings. The molecule has 3 nitrogen and oxygen atoms in total. The van der Waals surface area contributed by atoms with Crippen molar-refractivity contribution < 1.29 is 4.74 Å². The summed E-state index contributed by atoms with van der Waals surface area (Å²) in [6, 6.07) is 6.50. The highest BCUT2D eigenvalue weighted by molar-refractivity contribution is 5.38. The molecule has 0 aliphatic heterocycles. The van der Waals surface area contributed by atoms with E-state index in [1.54, 1.807) is 7.11 Å². The third kappa shape index (κ3) is 3.95. The highest BCUT2D eigenvalue weighted by atomic mass is 16.5. The lowest BCUT2D eigenvalue weighted by molar-refractivity contribution is 0.408. The van der Waals surface area contributed by atoms with E-state index in [0.29, 0.717) is 5.92 Å². The SMILES string of the molecule is COc1ccc(C(C)C)cc1CCNCC1(N)CC1. The van der Waals surface area contributed by atoms with Crippen molar-refractivity contribution in [3.05, 3.63) is 29.3 Å². The molecule has 3 heteroatoms. The number of nitrogens with one attached hydrogen (secondary N) is 1. The van der Waals surface area contributed by atoms with Gasteiger partial charge in [-0.25, -0.2) is 0 Å². The van der Waals surface area contributed by atoms with Crippen molar-refractivity contribution in [2.24, 2.45) is 5.73 Å². The third-order valence-corrected chi connectivity index (χ3v) is 3.91. The normalized spacial score (nSPS) is 16.7. The predicted molar refractivity (Wildman–Crippen MR) is 79.8 cm³/mol. The summed E-state index contributed by atoms with van der Waals surface area (Å²) in [4.78, 5) is 0. The number of ether oxygens (including phenoxy) is 1. The van der Waals surface area contributed by atoms with E-state index in [1.165, 1.54) is 11.1 Å². The summed E-state index contributed by atoms with van der Waals surface area (Å²) >= 11 is 0. The van der Waals surface area contributed by atoms with Crippen LogP contribution in [0.5, 0.6) is 5.75 Å². The minimum absolute atomic E-state index is 0.0872. The molecule has 1 saturated carbocycles. The van der Waals surface area contributed by atoms with E-state index < -0.39 is 0 Å². The lowest BCUT2D eigenvalue weighted by atomic mass is 9.99. The van der Waals surface area contributed by atoms with Gasteiger partial charge in [-0.05, 0) is 48.9 Å². The maximum absolute atomic E-state index is 6.06. The quantitative estimate of drug-likeness (QED) is 0.742. The van der Waals surface area contributed by atoms with Crippen LogP contribution in [0.1, 0.15) is 43.7 Å². The molecule has 0 spiro atoms. The summed E-state index contributed by atoms with van der Waals surface area (Å²) < 4.78 is 5.44. The molecule has 0 aromatic heterocycles. The molecule has 1 aliphatic carbocycles. The van der Waals surface area contributed by atoms with Crippen LogP contribution in [0.3, 0.4) is 0 Å². The molecular weight excluding hydrogens is 236 g/mol. The van der Waals surface area contributed by atoms with Crippen molar-refractivity contribution in [1.29, 1.82) is 0 Å². The van der Waals surface area contributed by atoms with E-state index >= 15 is 0 Å². The smallest absolute Gasteiger partial charge is 0.122 e. The average Bonchev–Trinajstić information content (AvgIpc) is 3.12. The molecule has 19 heavy (non-hydrogen) atoms. The summed E-state index contributed by atoms with van der Waals surface area (Å²) in [5.74, 6) is 1.54. The van der Waals surface area contributed by atoms with Gasteiger partial charge in [0.2, 0.25) is 0 Å². The van der Waals surface area contributed by atoms with E-state index in [1.807, 2.05) is 0 Å². The summed E-state index contributed by atoms with van der Waals surface area (Å²) in [5, 5.41) is 3.46. The molecule has 3 N–H and O–H groups in total. The zero-order valence-corrected chi connectivity index (χ0v) is 12.3. The predicted octanol–water partition coefficient (Wildman–Crippen LogP) is 2.44. The van der Waals surface area contributed by atoms with E-state index in [2.05, 4.69) is 37.4 Å². The maximum atomic E-state index is 6.06. The van der Waals surface area contributed by atoms with Gasteiger partial charge in [0, 0.05) is 12.1 Å². The summed E-state index contributed by atoms with van der Waals surface area (Å²) in [5.41, 5.74) is 8.80. The highest BCUT2D eigenvalue weighted by Gasteiger charge is 2.37. The highest BCUT2D eigenvalue weighted by Crippen LogP contribution is 2.31. The monoisotopic (exact) mass is 262 g/mol. The molecule has 106 valence electrons. The van der Waals surface area contributed by atoms with Crippen LogP contribution in [0.15, 0.2) is 18.2 Å². The molecule has 1 fully saturated rings. The van der Waals surface area contributed by atoms with Gasteiger partial charge in [-0.15, -0.1) is 0 Å². The number of methoxy groups -OCH3 is 1. The first kappa shape index (κ1) is 14.4. The van der Waals surface area contributed by atoms with Crippen LogP contribution >= 0.6 is 0 Å². The Labute approximate surface area is 116 Å². The van der Waals surface area contributed by atoms with Crippen LogP contribution in [0.25, 0.3) is 0 Å². The number of nitrogens with two attached hydrogens (primary N) is 1. The van der Waals surface area contributed by atoms with E-state index in [9.17, 15) is 0 Å². The molecular formula is C16H26N2O. The molecule has 0 unspecified atom stereocenters. The molecule has 0 heterocycles. The Kier molecular flexibility index (Phi) is 4.48.